The molecule has 1 aliphatic heterocycles. The smallest absolute Gasteiger partial charge is 0.0540 e. The summed E-state index contributed by atoms with van der Waals surface area (Å²) in [7, 11) is 0. The second kappa shape index (κ2) is 4.63. The Hall–Kier alpha value is -0.0800. The van der Waals surface area contributed by atoms with E-state index in [4.69, 9.17) is 0 Å². The minimum atomic E-state index is -0.00577. The van der Waals surface area contributed by atoms with Gasteiger partial charge in [0.15, 0.2) is 0 Å². The van der Waals surface area contributed by atoms with E-state index in [1.807, 2.05) is 0 Å². The SMILES string of the molecule is CC1CCC(C2CCC(O)CC2)NC1. The molecule has 2 rings (SSSR count). The predicted octanol–water partition coefficient (Wildman–Crippen LogP) is 1.93. The minimum absolute atomic E-state index is 0.00577. The molecule has 1 heterocycles. The molecule has 2 unspecified atom stereocenters. The molecule has 2 nitrogen and oxygen atoms in total. The monoisotopic (exact) mass is 197 g/mol. The highest BCUT2D eigenvalue weighted by Crippen LogP contribution is 2.30. The maximum Gasteiger partial charge on any atom is 0.0540 e. The molecule has 0 radical (unpaired) electrons. The second-order valence-electron chi connectivity index (χ2n) is 5.27. The van der Waals surface area contributed by atoms with Gasteiger partial charge in [-0.2, -0.15) is 0 Å². The van der Waals surface area contributed by atoms with Gasteiger partial charge >= 0.3 is 0 Å². The lowest BCUT2D eigenvalue weighted by molar-refractivity contribution is 0.0903. The average Bonchev–Trinajstić information content (AvgIpc) is 2.21. The molecule has 0 bridgehead atoms. The summed E-state index contributed by atoms with van der Waals surface area (Å²) in [5.74, 6) is 1.70. The molecule has 0 aromatic carbocycles. The molecule has 0 amide bonds. The van der Waals surface area contributed by atoms with Crippen LogP contribution in [0.5, 0.6) is 0 Å². The highest BCUT2D eigenvalue weighted by molar-refractivity contribution is 4.85. The molecular weight excluding hydrogens is 174 g/mol. The van der Waals surface area contributed by atoms with Crippen molar-refractivity contribution in [2.75, 3.05) is 6.54 Å². The van der Waals surface area contributed by atoms with E-state index >= 15 is 0 Å². The predicted molar refractivity (Wildman–Crippen MR) is 58.2 cm³/mol. The topological polar surface area (TPSA) is 32.3 Å². The number of piperidine rings is 1. The Morgan fingerprint density at radius 1 is 1.00 bits per heavy atom. The number of hydrogen-bond acceptors (Lipinski definition) is 2. The summed E-state index contributed by atoms with van der Waals surface area (Å²) in [5.41, 5.74) is 0. The summed E-state index contributed by atoms with van der Waals surface area (Å²) < 4.78 is 0. The van der Waals surface area contributed by atoms with Crippen LogP contribution in [0.4, 0.5) is 0 Å². The first-order valence-electron chi connectivity index (χ1n) is 6.17. The van der Waals surface area contributed by atoms with Gasteiger partial charge in [-0.05, 0) is 56.9 Å². The lowest BCUT2D eigenvalue weighted by Gasteiger charge is -2.37. The van der Waals surface area contributed by atoms with Crippen LogP contribution in [0.15, 0.2) is 0 Å². The molecular formula is C12H23NO. The van der Waals surface area contributed by atoms with Crippen LogP contribution in [0, 0.1) is 11.8 Å². The Morgan fingerprint density at radius 2 is 1.71 bits per heavy atom. The van der Waals surface area contributed by atoms with Gasteiger partial charge in [0.25, 0.3) is 0 Å². The van der Waals surface area contributed by atoms with Crippen molar-refractivity contribution in [1.82, 2.24) is 5.32 Å². The average molecular weight is 197 g/mol. The third-order valence-electron chi connectivity index (χ3n) is 4.01. The number of rotatable bonds is 1. The zero-order valence-electron chi connectivity index (χ0n) is 9.21. The number of nitrogens with one attached hydrogen (secondary N) is 1. The highest BCUT2D eigenvalue weighted by Gasteiger charge is 2.28. The van der Waals surface area contributed by atoms with Crippen molar-refractivity contribution >= 4 is 0 Å². The van der Waals surface area contributed by atoms with Gasteiger partial charge in [-0.3, -0.25) is 0 Å². The molecule has 0 spiro atoms. The molecule has 2 aliphatic rings. The molecule has 2 fully saturated rings. The van der Waals surface area contributed by atoms with Crippen LogP contribution in [-0.2, 0) is 0 Å². The molecule has 1 saturated heterocycles. The van der Waals surface area contributed by atoms with Crippen LogP contribution >= 0.6 is 0 Å². The number of aliphatic hydroxyl groups is 1. The van der Waals surface area contributed by atoms with E-state index in [1.54, 1.807) is 0 Å². The minimum Gasteiger partial charge on any atom is -0.393 e. The van der Waals surface area contributed by atoms with Crippen LogP contribution in [0.25, 0.3) is 0 Å². The Balaban J connectivity index is 1.78. The van der Waals surface area contributed by atoms with E-state index in [-0.39, 0.29) is 6.10 Å². The van der Waals surface area contributed by atoms with Crippen LogP contribution < -0.4 is 5.32 Å². The van der Waals surface area contributed by atoms with Crippen molar-refractivity contribution in [3.8, 4) is 0 Å². The molecule has 0 aromatic heterocycles. The number of hydrogen-bond donors (Lipinski definition) is 2. The Morgan fingerprint density at radius 3 is 2.29 bits per heavy atom. The zero-order chi connectivity index (χ0) is 9.97. The molecule has 14 heavy (non-hydrogen) atoms. The fraction of sp³-hybridized carbons (Fsp3) is 1.00. The highest BCUT2D eigenvalue weighted by atomic mass is 16.3. The Kier molecular flexibility index (Phi) is 3.45. The molecule has 2 heteroatoms. The van der Waals surface area contributed by atoms with Crippen molar-refractivity contribution in [1.29, 1.82) is 0 Å². The normalized spacial score (nSPS) is 45.0. The molecule has 0 aromatic rings. The molecule has 1 aliphatic carbocycles. The van der Waals surface area contributed by atoms with Crippen molar-refractivity contribution in [3.05, 3.63) is 0 Å². The van der Waals surface area contributed by atoms with Gasteiger partial charge < -0.3 is 10.4 Å². The van der Waals surface area contributed by atoms with E-state index in [0.29, 0.717) is 0 Å². The summed E-state index contributed by atoms with van der Waals surface area (Å²) >= 11 is 0. The third-order valence-corrected chi connectivity index (χ3v) is 4.01. The molecule has 82 valence electrons. The van der Waals surface area contributed by atoms with Crippen molar-refractivity contribution in [2.45, 2.75) is 57.6 Å². The summed E-state index contributed by atoms with van der Waals surface area (Å²) in [6, 6.07) is 0.749. The molecule has 1 saturated carbocycles. The van der Waals surface area contributed by atoms with E-state index in [1.165, 1.54) is 32.2 Å². The van der Waals surface area contributed by atoms with Gasteiger partial charge in [0.1, 0.15) is 0 Å². The van der Waals surface area contributed by atoms with Gasteiger partial charge in [-0.15, -0.1) is 0 Å². The third kappa shape index (κ3) is 2.48. The second-order valence-corrected chi connectivity index (χ2v) is 5.27. The van der Waals surface area contributed by atoms with Crippen molar-refractivity contribution < 1.29 is 5.11 Å². The Labute approximate surface area is 87.1 Å². The van der Waals surface area contributed by atoms with E-state index in [2.05, 4.69) is 12.2 Å². The van der Waals surface area contributed by atoms with Gasteiger partial charge in [0, 0.05) is 6.04 Å². The molecule has 2 atom stereocenters. The summed E-state index contributed by atoms with van der Waals surface area (Å²) in [6.07, 6.45) is 7.24. The van der Waals surface area contributed by atoms with E-state index in [9.17, 15) is 5.11 Å². The van der Waals surface area contributed by atoms with E-state index < -0.39 is 0 Å². The summed E-state index contributed by atoms with van der Waals surface area (Å²) in [5, 5.41) is 13.1. The van der Waals surface area contributed by atoms with Crippen LogP contribution in [0.3, 0.4) is 0 Å². The first kappa shape index (κ1) is 10.4. The first-order valence-corrected chi connectivity index (χ1v) is 6.17. The van der Waals surface area contributed by atoms with Crippen LogP contribution in [-0.4, -0.2) is 23.8 Å². The van der Waals surface area contributed by atoms with Gasteiger partial charge in [0.2, 0.25) is 0 Å². The van der Waals surface area contributed by atoms with Crippen LogP contribution in [0.2, 0.25) is 0 Å². The van der Waals surface area contributed by atoms with E-state index in [0.717, 1.165) is 30.7 Å². The van der Waals surface area contributed by atoms with Crippen molar-refractivity contribution in [2.24, 2.45) is 11.8 Å². The summed E-state index contributed by atoms with van der Waals surface area (Å²) in [6.45, 7) is 3.53. The lowest BCUT2D eigenvalue weighted by atomic mass is 9.79. The van der Waals surface area contributed by atoms with Gasteiger partial charge in [0.05, 0.1) is 6.10 Å². The van der Waals surface area contributed by atoms with Gasteiger partial charge in [-0.1, -0.05) is 6.92 Å². The van der Waals surface area contributed by atoms with Crippen LogP contribution in [0.1, 0.15) is 45.4 Å². The standard InChI is InChI=1S/C12H23NO/c1-9-2-7-12(13-8-9)10-3-5-11(14)6-4-10/h9-14H,2-8H2,1H3. The number of aliphatic hydroxyl groups excluding tert-OH is 1. The van der Waals surface area contributed by atoms with Crippen molar-refractivity contribution in [3.63, 3.8) is 0 Å². The first-order chi connectivity index (χ1) is 6.75. The zero-order valence-corrected chi connectivity index (χ0v) is 9.21. The quantitative estimate of drug-likeness (QED) is 0.673. The lowest BCUT2D eigenvalue weighted by Crippen LogP contribution is -2.44. The fourth-order valence-electron chi connectivity index (χ4n) is 2.93. The Bertz CT molecular complexity index is 147. The summed E-state index contributed by atoms with van der Waals surface area (Å²) in [4.78, 5) is 0. The fourth-order valence-corrected chi connectivity index (χ4v) is 2.93. The molecule has 2 N–H and O–H groups in total. The maximum atomic E-state index is 9.45. The van der Waals surface area contributed by atoms with Gasteiger partial charge in [-0.25, -0.2) is 0 Å². The maximum absolute atomic E-state index is 9.45. The largest absolute Gasteiger partial charge is 0.393 e.